The van der Waals surface area contributed by atoms with Gasteiger partial charge in [0.2, 0.25) is 5.91 Å². The van der Waals surface area contributed by atoms with E-state index in [0.717, 1.165) is 16.8 Å². The van der Waals surface area contributed by atoms with Gasteiger partial charge in [0.1, 0.15) is 18.4 Å². The number of nitrogens with one attached hydrogen (secondary N) is 1. The molecule has 0 atom stereocenters. The van der Waals surface area contributed by atoms with E-state index in [9.17, 15) is 9.59 Å². The second-order valence-electron chi connectivity index (χ2n) is 6.78. The molecule has 0 aliphatic carbocycles. The van der Waals surface area contributed by atoms with Crippen molar-refractivity contribution in [1.82, 2.24) is 20.1 Å². The number of benzene rings is 2. The lowest BCUT2D eigenvalue weighted by atomic mass is 10.1. The number of aromatic nitrogens is 3. The summed E-state index contributed by atoms with van der Waals surface area (Å²) in [6, 6.07) is 15.2. The van der Waals surface area contributed by atoms with Gasteiger partial charge in [-0.1, -0.05) is 24.3 Å². The Hall–Kier alpha value is -3.81. The van der Waals surface area contributed by atoms with Crippen molar-refractivity contribution in [2.24, 2.45) is 5.10 Å². The van der Waals surface area contributed by atoms with Gasteiger partial charge in [0.25, 0.3) is 5.91 Å². The van der Waals surface area contributed by atoms with E-state index in [1.165, 1.54) is 11.3 Å². The minimum atomic E-state index is -0.268. The molecule has 29 heavy (non-hydrogen) atoms. The van der Waals surface area contributed by atoms with Crippen LogP contribution in [0.3, 0.4) is 0 Å². The molecule has 0 fully saturated rings. The first-order chi connectivity index (χ1) is 14.1. The van der Waals surface area contributed by atoms with Crippen LogP contribution in [0.4, 0.5) is 5.69 Å². The van der Waals surface area contributed by atoms with Gasteiger partial charge in [-0.3, -0.25) is 9.59 Å². The van der Waals surface area contributed by atoms with Crippen LogP contribution in [0.1, 0.15) is 24.0 Å². The average Bonchev–Trinajstić information content (AvgIpc) is 3.27. The summed E-state index contributed by atoms with van der Waals surface area (Å²) in [5.41, 5.74) is 3.89. The van der Waals surface area contributed by atoms with Crippen molar-refractivity contribution < 1.29 is 9.59 Å². The summed E-state index contributed by atoms with van der Waals surface area (Å²) in [4.78, 5) is 28.8. The zero-order chi connectivity index (χ0) is 20.2. The van der Waals surface area contributed by atoms with Gasteiger partial charge < -0.3 is 5.32 Å². The van der Waals surface area contributed by atoms with Crippen molar-refractivity contribution in [3.63, 3.8) is 0 Å². The fraction of sp³-hybridized carbons (Fsp3) is 0.190. The van der Waals surface area contributed by atoms with Crippen molar-refractivity contribution in [2.45, 2.75) is 26.3 Å². The fourth-order valence-corrected chi connectivity index (χ4v) is 3.07. The van der Waals surface area contributed by atoms with Crippen LogP contribution in [-0.2, 0) is 16.1 Å². The zero-order valence-electron chi connectivity index (χ0n) is 15.9. The maximum absolute atomic E-state index is 12.6. The Labute approximate surface area is 167 Å². The normalized spacial score (nSPS) is 13.9. The molecule has 1 aromatic heterocycles. The van der Waals surface area contributed by atoms with Crippen LogP contribution < -0.4 is 10.3 Å². The van der Waals surface area contributed by atoms with Gasteiger partial charge in [0, 0.05) is 19.4 Å². The number of anilines is 1. The minimum absolute atomic E-state index is 0.115. The van der Waals surface area contributed by atoms with E-state index in [0.29, 0.717) is 24.4 Å². The number of carbonyl (C=O) groups excluding carboxylic acids is 2. The molecule has 0 unspecified atom stereocenters. The Morgan fingerprint density at radius 3 is 2.66 bits per heavy atom. The number of hydrogen-bond donors (Lipinski definition) is 1. The van der Waals surface area contributed by atoms with Crippen LogP contribution in [0.5, 0.6) is 0 Å². The Kier molecular flexibility index (Phi) is 5.15. The summed E-state index contributed by atoms with van der Waals surface area (Å²) in [5, 5.41) is 12.6. The third-order valence-electron chi connectivity index (χ3n) is 4.61. The molecule has 8 heteroatoms. The van der Waals surface area contributed by atoms with Crippen LogP contribution in [0.15, 0.2) is 66.3 Å². The van der Waals surface area contributed by atoms with Crippen molar-refractivity contribution in [3.8, 4) is 5.69 Å². The number of hydrazone groups is 1. The van der Waals surface area contributed by atoms with Gasteiger partial charge in [-0.15, -0.1) is 0 Å². The SMILES string of the molecule is Cc1cccc(N2N=C(C(=O)NCc3ccc(-n4cncn4)cc3)CCC2=O)c1. The van der Waals surface area contributed by atoms with Crippen molar-refractivity contribution in [2.75, 3.05) is 5.01 Å². The second-order valence-corrected chi connectivity index (χ2v) is 6.78. The van der Waals surface area contributed by atoms with Crippen LogP contribution in [-0.4, -0.2) is 32.3 Å². The van der Waals surface area contributed by atoms with E-state index in [4.69, 9.17) is 0 Å². The fourth-order valence-electron chi connectivity index (χ4n) is 3.07. The molecule has 0 saturated heterocycles. The molecule has 2 heterocycles. The third kappa shape index (κ3) is 4.21. The minimum Gasteiger partial charge on any atom is -0.347 e. The van der Waals surface area contributed by atoms with E-state index < -0.39 is 0 Å². The molecule has 1 aliphatic rings. The molecule has 0 spiro atoms. The smallest absolute Gasteiger partial charge is 0.267 e. The van der Waals surface area contributed by atoms with Gasteiger partial charge >= 0.3 is 0 Å². The Morgan fingerprint density at radius 2 is 1.93 bits per heavy atom. The Bertz CT molecular complexity index is 1060. The molecule has 0 saturated carbocycles. The highest BCUT2D eigenvalue weighted by Crippen LogP contribution is 2.21. The largest absolute Gasteiger partial charge is 0.347 e. The van der Waals surface area contributed by atoms with Crippen LogP contribution in [0, 0.1) is 6.92 Å². The van der Waals surface area contributed by atoms with Crippen molar-refractivity contribution in [3.05, 3.63) is 72.3 Å². The van der Waals surface area contributed by atoms with Crippen molar-refractivity contribution in [1.29, 1.82) is 0 Å². The lowest BCUT2D eigenvalue weighted by molar-refractivity contribution is -0.119. The number of rotatable bonds is 5. The highest BCUT2D eigenvalue weighted by Gasteiger charge is 2.25. The molecule has 0 bridgehead atoms. The summed E-state index contributed by atoms with van der Waals surface area (Å²) >= 11 is 0. The lowest BCUT2D eigenvalue weighted by Crippen LogP contribution is -2.38. The van der Waals surface area contributed by atoms with Crippen LogP contribution >= 0.6 is 0 Å². The second kappa shape index (κ2) is 8.05. The monoisotopic (exact) mass is 388 g/mol. The summed E-state index contributed by atoms with van der Waals surface area (Å²) < 4.78 is 1.66. The predicted molar refractivity (Wildman–Crippen MR) is 109 cm³/mol. The van der Waals surface area contributed by atoms with E-state index in [1.807, 2.05) is 55.5 Å². The third-order valence-corrected chi connectivity index (χ3v) is 4.61. The first kappa shape index (κ1) is 18.5. The quantitative estimate of drug-likeness (QED) is 0.726. The number of carbonyl (C=O) groups is 2. The van der Waals surface area contributed by atoms with Crippen molar-refractivity contribution >= 4 is 23.2 Å². The summed E-state index contributed by atoms with van der Waals surface area (Å²) in [7, 11) is 0. The average molecular weight is 388 g/mol. The molecule has 2 amide bonds. The van der Waals surface area contributed by atoms with Gasteiger partial charge in [0.15, 0.2) is 0 Å². The summed E-state index contributed by atoms with van der Waals surface area (Å²) in [5.74, 6) is -0.383. The molecule has 1 N–H and O–H groups in total. The summed E-state index contributed by atoms with van der Waals surface area (Å²) in [6.45, 7) is 2.32. The highest BCUT2D eigenvalue weighted by molar-refractivity contribution is 6.40. The summed E-state index contributed by atoms with van der Waals surface area (Å²) in [6.07, 6.45) is 3.69. The molecule has 146 valence electrons. The molecule has 1 aliphatic heterocycles. The van der Waals surface area contributed by atoms with E-state index in [2.05, 4.69) is 20.5 Å². The highest BCUT2D eigenvalue weighted by atomic mass is 16.2. The molecule has 0 radical (unpaired) electrons. The first-order valence-corrected chi connectivity index (χ1v) is 9.29. The molecular weight excluding hydrogens is 368 g/mol. The molecule has 2 aromatic carbocycles. The molecule has 3 aromatic rings. The van der Waals surface area contributed by atoms with E-state index in [-0.39, 0.29) is 18.2 Å². The predicted octanol–water partition coefficient (Wildman–Crippen LogP) is 2.37. The molecule has 8 nitrogen and oxygen atoms in total. The van der Waals surface area contributed by atoms with E-state index in [1.54, 1.807) is 11.0 Å². The number of aryl methyl sites for hydroxylation is 1. The topological polar surface area (TPSA) is 92.5 Å². The van der Waals surface area contributed by atoms with Crippen LogP contribution in [0.2, 0.25) is 0 Å². The van der Waals surface area contributed by atoms with Gasteiger partial charge in [-0.2, -0.15) is 10.2 Å². The Morgan fingerprint density at radius 1 is 1.10 bits per heavy atom. The van der Waals surface area contributed by atoms with Gasteiger partial charge in [0.05, 0.1) is 11.4 Å². The first-order valence-electron chi connectivity index (χ1n) is 9.29. The maximum Gasteiger partial charge on any atom is 0.267 e. The number of amides is 2. The molecular formula is C21H20N6O2. The number of nitrogens with zero attached hydrogens (tertiary/aromatic N) is 5. The molecule has 4 rings (SSSR count). The zero-order valence-corrected chi connectivity index (χ0v) is 15.9. The lowest BCUT2D eigenvalue weighted by Gasteiger charge is -2.23. The maximum atomic E-state index is 12.6. The standard InChI is InChI=1S/C21H20N6O2/c1-15-3-2-4-18(11-15)27-20(28)10-9-19(25-27)21(29)23-12-16-5-7-17(8-6-16)26-14-22-13-24-26/h2-8,11,13-14H,9-10,12H2,1H3,(H,23,29). The Balaban J connectivity index is 1.42. The van der Waals surface area contributed by atoms with Gasteiger partial charge in [-0.05, 0) is 42.3 Å². The number of hydrogen-bond acceptors (Lipinski definition) is 5. The van der Waals surface area contributed by atoms with Crippen LogP contribution in [0.25, 0.3) is 5.69 Å². The van der Waals surface area contributed by atoms with Gasteiger partial charge in [-0.25, -0.2) is 14.7 Å². The van der Waals surface area contributed by atoms with E-state index >= 15 is 0 Å².